The molecule has 0 aromatic carbocycles. The van der Waals surface area contributed by atoms with E-state index in [4.69, 9.17) is 4.74 Å². The van der Waals surface area contributed by atoms with Crippen LogP contribution in [0.5, 0.6) is 0 Å². The average molecular weight is 363 g/mol. The highest BCUT2D eigenvalue weighted by atomic mass is 16.5. The summed E-state index contributed by atoms with van der Waals surface area (Å²) < 4.78 is 5.79. The van der Waals surface area contributed by atoms with E-state index in [0.29, 0.717) is 23.0 Å². The molecular weight excluding hydrogens is 320 g/mol. The molecule has 3 fully saturated rings. The summed E-state index contributed by atoms with van der Waals surface area (Å²) in [4.78, 5) is 12.7. The second-order valence-electron chi connectivity index (χ2n) is 10.5. The number of carbonyl (C=O) groups is 1. The van der Waals surface area contributed by atoms with E-state index in [9.17, 15) is 4.79 Å². The maximum absolute atomic E-state index is 12.7. The summed E-state index contributed by atoms with van der Waals surface area (Å²) in [5.74, 6) is 3.58. The number of ketones is 1. The Labute approximate surface area is 161 Å². The highest BCUT2D eigenvalue weighted by Gasteiger charge is 2.56. The molecule has 0 N–H and O–H groups in total. The van der Waals surface area contributed by atoms with Gasteiger partial charge in [0.05, 0.1) is 0 Å². The van der Waals surface area contributed by atoms with E-state index < -0.39 is 0 Å². The summed E-state index contributed by atoms with van der Waals surface area (Å²) in [5, 5.41) is 0. The molecule has 2 heteroatoms. The smallest absolute Gasteiger partial charge is 0.133 e. The molecule has 0 aromatic rings. The molecule has 2 nitrogen and oxygen atoms in total. The van der Waals surface area contributed by atoms with Crippen LogP contribution in [-0.4, -0.2) is 19.0 Å². The van der Waals surface area contributed by atoms with Crippen LogP contribution in [0.3, 0.4) is 0 Å². The average Bonchev–Trinajstić information content (AvgIpc) is 3.13. The van der Waals surface area contributed by atoms with Gasteiger partial charge in [0.1, 0.15) is 5.78 Å². The van der Waals surface area contributed by atoms with E-state index in [1.165, 1.54) is 51.4 Å². The lowest BCUT2D eigenvalue weighted by Gasteiger charge is -2.59. The summed E-state index contributed by atoms with van der Waals surface area (Å²) >= 11 is 0. The second-order valence-corrected chi connectivity index (χ2v) is 10.5. The van der Waals surface area contributed by atoms with Gasteiger partial charge in [0, 0.05) is 19.1 Å². The third kappa shape index (κ3) is 3.64. The van der Waals surface area contributed by atoms with Crippen molar-refractivity contribution in [3.8, 4) is 0 Å². The zero-order valence-corrected chi connectivity index (χ0v) is 18.0. The van der Waals surface area contributed by atoms with Crippen LogP contribution in [0.4, 0.5) is 0 Å². The first-order valence-corrected chi connectivity index (χ1v) is 11.4. The van der Waals surface area contributed by atoms with Crippen molar-refractivity contribution in [1.29, 1.82) is 0 Å². The van der Waals surface area contributed by atoms with Crippen LogP contribution in [0.2, 0.25) is 0 Å². The fourth-order valence-corrected chi connectivity index (χ4v) is 7.36. The lowest BCUT2D eigenvalue weighted by molar-refractivity contribution is -0.143. The van der Waals surface area contributed by atoms with E-state index in [2.05, 4.69) is 27.7 Å². The van der Waals surface area contributed by atoms with Crippen molar-refractivity contribution in [2.45, 2.75) is 92.4 Å². The standard InChI is InChI=1S/C24H42O2/c1-6-17(2)20(19-11-14-26-16-19)15-24(5)21(18(3)25)10-13-23(4)12-8-7-9-22(23)24/h17,19-22H,6-16H2,1-5H3/t17?,19?,20?,21?,22?,23-,24+/m1/s1. The third-order valence-corrected chi connectivity index (χ3v) is 9.04. The van der Waals surface area contributed by atoms with Gasteiger partial charge in [-0.3, -0.25) is 4.79 Å². The van der Waals surface area contributed by atoms with Gasteiger partial charge in [0.25, 0.3) is 0 Å². The molecule has 1 heterocycles. The minimum atomic E-state index is 0.177. The van der Waals surface area contributed by atoms with Gasteiger partial charge in [0.15, 0.2) is 0 Å². The largest absolute Gasteiger partial charge is 0.381 e. The van der Waals surface area contributed by atoms with Gasteiger partial charge < -0.3 is 4.74 Å². The first kappa shape index (κ1) is 20.4. The van der Waals surface area contributed by atoms with Crippen molar-refractivity contribution in [3.63, 3.8) is 0 Å². The molecule has 26 heavy (non-hydrogen) atoms. The van der Waals surface area contributed by atoms with Gasteiger partial charge in [0.2, 0.25) is 0 Å². The normalized spacial score (nSPS) is 42.9. The lowest BCUT2D eigenvalue weighted by atomic mass is 9.45. The quantitative estimate of drug-likeness (QED) is 0.556. The number of hydrogen-bond acceptors (Lipinski definition) is 2. The van der Waals surface area contributed by atoms with Crippen LogP contribution >= 0.6 is 0 Å². The van der Waals surface area contributed by atoms with Crippen LogP contribution in [0.25, 0.3) is 0 Å². The molecule has 1 aliphatic heterocycles. The van der Waals surface area contributed by atoms with Crippen LogP contribution in [-0.2, 0) is 9.53 Å². The lowest BCUT2D eigenvalue weighted by Crippen LogP contribution is -2.53. The Balaban J connectivity index is 1.93. The predicted octanol–water partition coefficient (Wildman–Crippen LogP) is 6.28. The van der Waals surface area contributed by atoms with E-state index in [1.54, 1.807) is 0 Å². The van der Waals surface area contributed by atoms with Crippen LogP contribution in [0.1, 0.15) is 92.4 Å². The first-order valence-electron chi connectivity index (χ1n) is 11.4. The fraction of sp³-hybridized carbons (Fsp3) is 0.958. The highest BCUT2D eigenvalue weighted by Crippen LogP contribution is 2.62. The minimum absolute atomic E-state index is 0.177. The van der Waals surface area contributed by atoms with Gasteiger partial charge >= 0.3 is 0 Å². The van der Waals surface area contributed by atoms with E-state index in [1.807, 2.05) is 6.92 Å². The maximum atomic E-state index is 12.7. The van der Waals surface area contributed by atoms with Gasteiger partial charge in [-0.05, 0) is 80.0 Å². The predicted molar refractivity (Wildman–Crippen MR) is 108 cm³/mol. The Kier molecular flexibility index (Phi) is 6.22. The Morgan fingerprint density at radius 3 is 2.54 bits per heavy atom. The van der Waals surface area contributed by atoms with Crippen molar-refractivity contribution in [2.75, 3.05) is 13.2 Å². The fourth-order valence-electron chi connectivity index (χ4n) is 7.36. The second kappa shape index (κ2) is 7.94. The SMILES string of the molecule is CCC(C)C(C[C@@]1(C)C(C(C)=O)CC[C@@]2(C)CCCCC21)C1CCOC1. The minimum Gasteiger partial charge on any atom is -0.381 e. The summed E-state index contributed by atoms with van der Waals surface area (Å²) in [5.41, 5.74) is 0.640. The molecule has 2 saturated carbocycles. The van der Waals surface area contributed by atoms with Crippen molar-refractivity contribution in [1.82, 2.24) is 0 Å². The number of ether oxygens (including phenoxy) is 1. The molecule has 0 radical (unpaired) electrons. The van der Waals surface area contributed by atoms with Crippen LogP contribution < -0.4 is 0 Å². The summed E-state index contributed by atoms with van der Waals surface area (Å²) in [6.45, 7) is 13.6. The zero-order chi connectivity index (χ0) is 18.9. The molecule has 3 rings (SSSR count). The van der Waals surface area contributed by atoms with E-state index >= 15 is 0 Å². The molecule has 7 atom stereocenters. The topological polar surface area (TPSA) is 26.3 Å². The van der Waals surface area contributed by atoms with Crippen LogP contribution in [0, 0.1) is 40.4 Å². The summed E-state index contributed by atoms with van der Waals surface area (Å²) in [7, 11) is 0. The Hall–Kier alpha value is -0.370. The number of fused-ring (bicyclic) bond motifs is 1. The summed E-state index contributed by atoms with van der Waals surface area (Å²) in [6.07, 6.45) is 11.5. The Bertz CT molecular complexity index is 494. The molecule has 1 saturated heterocycles. The molecule has 2 aliphatic carbocycles. The van der Waals surface area contributed by atoms with Crippen molar-refractivity contribution < 1.29 is 9.53 Å². The highest BCUT2D eigenvalue weighted by molar-refractivity contribution is 5.79. The van der Waals surface area contributed by atoms with Crippen molar-refractivity contribution >= 4 is 5.78 Å². The van der Waals surface area contributed by atoms with Gasteiger partial charge in [-0.1, -0.05) is 47.0 Å². The molecule has 0 amide bonds. The zero-order valence-electron chi connectivity index (χ0n) is 18.0. The van der Waals surface area contributed by atoms with Gasteiger partial charge in [-0.15, -0.1) is 0 Å². The maximum Gasteiger partial charge on any atom is 0.133 e. The first-order chi connectivity index (χ1) is 12.3. The monoisotopic (exact) mass is 362 g/mol. The molecule has 0 spiro atoms. The Morgan fingerprint density at radius 1 is 1.15 bits per heavy atom. The molecule has 3 aliphatic rings. The van der Waals surface area contributed by atoms with Crippen molar-refractivity contribution in [3.05, 3.63) is 0 Å². The van der Waals surface area contributed by atoms with E-state index in [-0.39, 0.29) is 11.3 Å². The number of Topliss-reactive ketones (excluding diaryl/α,β-unsaturated/α-hetero) is 1. The third-order valence-electron chi connectivity index (χ3n) is 9.04. The number of carbonyl (C=O) groups excluding carboxylic acids is 1. The van der Waals surface area contributed by atoms with Crippen molar-refractivity contribution in [2.24, 2.45) is 40.4 Å². The van der Waals surface area contributed by atoms with Crippen LogP contribution in [0.15, 0.2) is 0 Å². The molecular formula is C24H42O2. The number of hydrogen-bond donors (Lipinski definition) is 0. The summed E-state index contributed by atoms with van der Waals surface area (Å²) in [6, 6.07) is 0. The molecule has 0 aromatic heterocycles. The molecule has 5 unspecified atom stereocenters. The molecule has 150 valence electrons. The van der Waals surface area contributed by atoms with E-state index in [0.717, 1.165) is 31.5 Å². The Morgan fingerprint density at radius 2 is 1.92 bits per heavy atom. The number of rotatable bonds is 6. The van der Waals surface area contributed by atoms with Gasteiger partial charge in [-0.25, -0.2) is 0 Å². The molecule has 0 bridgehead atoms. The van der Waals surface area contributed by atoms with Gasteiger partial charge in [-0.2, -0.15) is 0 Å².